The largest absolute Gasteiger partial charge is 0.488 e. The number of sulfonamides is 1. The molecular formula is C29H37N5O7S. The SMILES string of the molecule is C[C@H]1CN([C@@H](C)CO)C(=O)Cc2cc(NS(=O)(=O)c3cn(C)cn3)ccc2O[C@H]1CN(C)Cc1ccc2c(c1)OCO2. The number of nitrogens with one attached hydrogen (secondary N) is 1. The zero-order valence-electron chi connectivity index (χ0n) is 24.2. The lowest BCUT2D eigenvalue weighted by Gasteiger charge is -2.34. The number of hydrogen-bond acceptors (Lipinski definition) is 9. The Labute approximate surface area is 245 Å². The molecule has 0 unspecified atom stereocenters. The average molecular weight is 600 g/mol. The number of rotatable bonds is 9. The molecule has 1 amide bonds. The summed E-state index contributed by atoms with van der Waals surface area (Å²) < 4.78 is 47.4. The third kappa shape index (κ3) is 6.63. The molecule has 2 aliphatic rings. The highest BCUT2D eigenvalue weighted by Gasteiger charge is 2.31. The van der Waals surface area contributed by atoms with Crippen molar-refractivity contribution in [3.63, 3.8) is 0 Å². The van der Waals surface area contributed by atoms with E-state index in [2.05, 4.69) is 14.6 Å². The molecule has 0 bridgehead atoms. The molecule has 1 aromatic heterocycles. The molecule has 226 valence electrons. The molecule has 42 heavy (non-hydrogen) atoms. The molecule has 5 rings (SSSR count). The predicted molar refractivity (Wildman–Crippen MR) is 155 cm³/mol. The van der Waals surface area contributed by atoms with Gasteiger partial charge in [-0.25, -0.2) is 4.98 Å². The second kappa shape index (κ2) is 12.2. The van der Waals surface area contributed by atoms with Gasteiger partial charge in [0.1, 0.15) is 11.9 Å². The first kappa shape index (κ1) is 29.7. The van der Waals surface area contributed by atoms with Crippen molar-refractivity contribution in [1.82, 2.24) is 19.4 Å². The van der Waals surface area contributed by atoms with E-state index in [0.717, 1.165) is 17.1 Å². The van der Waals surface area contributed by atoms with Crippen LogP contribution in [0.1, 0.15) is 25.0 Å². The smallest absolute Gasteiger partial charge is 0.280 e. The van der Waals surface area contributed by atoms with E-state index in [1.165, 1.54) is 12.5 Å². The minimum atomic E-state index is -3.93. The maximum atomic E-state index is 13.5. The van der Waals surface area contributed by atoms with E-state index in [4.69, 9.17) is 14.2 Å². The number of ether oxygens (including phenoxy) is 3. The number of nitrogens with zero attached hydrogens (tertiary/aromatic N) is 4. The summed E-state index contributed by atoms with van der Waals surface area (Å²) in [5.74, 6) is 1.72. The molecule has 3 atom stereocenters. The van der Waals surface area contributed by atoms with Crippen LogP contribution in [-0.2, 0) is 34.8 Å². The van der Waals surface area contributed by atoms with E-state index in [1.54, 1.807) is 34.7 Å². The maximum absolute atomic E-state index is 13.5. The van der Waals surface area contributed by atoms with Gasteiger partial charge in [0.25, 0.3) is 10.0 Å². The van der Waals surface area contributed by atoms with Gasteiger partial charge in [-0.1, -0.05) is 13.0 Å². The van der Waals surface area contributed by atoms with Crippen LogP contribution in [0.2, 0.25) is 0 Å². The molecular weight excluding hydrogens is 562 g/mol. The molecule has 0 spiro atoms. The Kier molecular flexibility index (Phi) is 8.62. The lowest BCUT2D eigenvalue weighted by molar-refractivity contribution is -0.134. The van der Waals surface area contributed by atoms with Gasteiger partial charge in [0.15, 0.2) is 16.5 Å². The number of aromatic nitrogens is 2. The highest BCUT2D eigenvalue weighted by atomic mass is 32.2. The number of fused-ring (bicyclic) bond motifs is 2. The lowest BCUT2D eigenvalue weighted by atomic mass is 10.0. The van der Waals surface area contributed by atoms with Gasteiger partial charge in [-0.05, 0) is 49.9 Å². The van der Waals surface area contributed by atoms with Crippen LogP contribution in [0.3, 0.4) is 0 Å². The molecule has 12 nitrogen and oxygen atoms in total. The Morgan fingerprint density at radius 3 is 2.67 bits per heavy atom. The molecule has 2 aliphatic heterocycles. The van der Waals surface area contributed by atoms with E-state index in [1.807, 2.05) is 39.1 Å². The minimum absolute atomic E-state index is 0.00863. The highest BCUT2D eigenvalue weighted by molar-refractivity contribution is 7.92. The minimum Gasteiger partial charge on any atom is -0.488 e. The second-order valence-electron chi connectivity index (χ2n) is 11.1. The third-order valence-electron chi connectivity index (χ3n) is 7.51. The van der Waals surface area contributed by atoms with Crippen LogP contribution in [0.4, 0.5) is 5.69 Å². The number of carbonyl (C=O) groups is 1. The summed E-state index contributed by atoms with van der Waals surface area (Å²) >= 11 is 0. The van der Waals surface area contributed by atoms with Gasteiger partial charge in [-0.2, -0.15) is 8.42 Å². The number of benzene rings is 2. The second-order valence-corrected chi connectivity index (χ2v) is 12.7. The zero-order valence-corrected chi connectivity index (χ0v) is 25.0. The van der Waals surface area contributed by atoms with Crippen molar-refractivity contribution in [2.24, 2.45) is 13.0 Å². The molecule has 2 aromatic carbocycles. The summed E-state index contributed by atoms with van der Waals surface area (Å²) in [6.45, 7) is 5.47. The van der Waals surface area contributed by atoms with Crippen molar-refractivity contribution in [1.29, 1.82) is 0 Å². The van der Waals surface area contributed by atoms with Gasteiger partial charge in [0.2, 0.25) is 12.7 Å². The lowest BCUT2D eigenvalue weighted by Crippen LogP contribution is -2.47. The van der Waals surface area contributed by atoms with Crippen molar-refractivity contribution >= 4 is 21.6 Å². The van der Waals surface area contributed by atoms with Crippen molar-refractivity contribution in [2.75, 3.05) is 38.3 Å². The number of imidazole rings is 1. The van der Waals surface area contributed by atoms with Gasteiger partial charge in [-0.3, -0.25) is 14.4 Å². The molecule has 0 aliphatic carbocycles. The van der Waals surface area contributed by atoms with E-state index >= 15 is 0 Å². The molecule has 13 heteroatoms. The first-order chi connectivity index (χ1) is 20.0. The van der Waals surface area contributed by atoms with Crippen LogP contribution >= 0.6 is 0 Å². The van der Waals surface area contributed by atoms with Gasteiger partial charge >= 0.3 is 0 Å². The Balaban J connectivity index is 1.40. The first-order valence-electron chi connectivity index (χ1n) is 13.8. The number of anilines is 1. The van der Waals surface area contributed by atoms with Crippen LogP contribution in [0.25, 0.3) is 0 Å². The molecule has 0 radical (unpaired) electrons. The number of likely N-dealkylation sites (N-methyl/N-ethyl adjacent to an activating group) is 1. The van der Waals surface area contributed by atoms with Crippen molar-refractivity contribution in [3.8, 4) is 17.2 Å². The third-order valence-corrected chi connectivity index (χ3v) is 8.77. The molecule has 0 fully saturated rings. The summed E-state index contributed by atoms with van der Waals surface area (Å²) in [7, 11) is -0.238. The summed E-state index contributed by atoms with van der Waals surface area (Å²) in [6, 6.07) is 10.4. The van der Waals surface area contributed by atoms with Crippen molar-refractivity contribution in [2.45, 2.75) is 44.0 Å². The molecule has 3 heterocycles. The summed E-state index contributed by atoms with van der Waals surface area (Å²) in [6.07, 6.45) is 2.50. The monoisotopic (exact) mass is 599 g/mol. The first-order valence-corrected chi connectivity index (χ1v) is 15.3. The van der Waals surface area contributed by atoms with Gasteiger partial charge in [0, 0.05) is 50.0 Å². The number of aliphatic hydroxyl groups excluding tert-OH is 1. The topological polar surface area (TPSA) is 135 Å². The Morgan fingerprint density at radius 2 is 1.93 bits per heavy atom. The molecule has 3 aromatic rings. The quantitative estimate of drug-likeness (QED) is 0.380. The fourth-order valence-corrected chi connectivity index (χ4v) is 6.20. The number of carbonyl (C=O) groups excluding carboxylic acids is 1. The van der Waals surface area contributed by atoms with Crippen molar-refractivity contribution < 1.29 is 32.5 Å². The Hall–Kier alpha value is -3.81. The predicted octanol–water partition coefficient (Wildman–Crippen LogP) is 2.23. The van der Waals surface area contributed by atoms with Crippen LogP contribution < -0.4 is 18.9 Å². The molecule has 0 saturated heterocycles. The molecule has 2 N–H and O–H groups in total. The fraction of sp³-hybridized carbons (Fsp3) is 0.448. The normalized spacial score (nSPS) is 19.5. The summed E-state index contributed by atoms with van der Waals surface area (Å²) in [5, 5.41) is 9.80. The number of amides is 1. The summed E-state index contributed by atoms with van der Waals surface area (Å²) in [4.78, 5) is 21.3. The number of aliphatic hydroxyl groups is 1. The van der Waals surface area contributed by atoms with Gasteiger partial charge in [0.05, 0.1) is 25.4 Å². The van der Waals surface area contributed by atoms with E-state index in [9.17, 15) is 18.3 Å². The van der Waals surface area contributed by atoms with Crippen LogP contribution in [0.15, 0.2) is 53.9 Å². The average Bonchev–Trinajstić information content (AvgIpc) is 3.61. The number of aryl methyl sites for hydroxylation is 1. The maximum Gasteiger partial charge on any atom is 0.280 e. The van der Waals surface area contributed by atoms with E-state index in [-0.39, 0.29) is 48.8 Å². The Bertz CT molecular complexity index is 1540. The fourth-order valence-electron chi connectivity index (χ4n) is 5.17. The highest BCUT2D eigenvalue weighted by Crippen LogP contribution is 2.33. The van der Waals surface area contributed by atoms with Crippen LogP contribution in [0.5, 0.6) is 17.2 Å². The number of hydrogen-bond donors (Lipinski definition) is 2. The van der Waals surface area contributed by atoms with Crippen LogP contribution in [0, 0.1) is 5.92 Å². The van der Waals surface area contributed by atoms with Crippen LogP contribution in [-0.4, -0.2) is 84.5 Å². The van der Waals surface area contributed by atoms with Gasteiger partial charge in [-0.15, -0.1) is 0 Å². The summed E-state index contributed by atoms with van der Waals surface area (Å²) in [5.41, 5.74) is 1.91. The van der Waals surface area contributed by atoms with E-state index in [0.29, 0.717) is 36.6 Å². The van der Waals surface area contributed by atoms with E-state index < -0.39 is 10.0 Å². The standard InChI is InChI=1S/C29H37N5O7S/c1-19-12-34(20(2)16-35)29(36)11-22-10-23(31-42(37,38)28-15-33(4)17-30-28)6-8-24(22)41-27(19)14-32(3)13-21-5-7-25-26(9-21)40-18-39-25/h5-10,15,17,19-20,27,31,35H,11-14,16,18H2,1-4H3/t19-,20-,27-/m0/s1. The molecule has 0 saturated carbocycles. The zero-order chi connectivity index (χ0) is 30.0. The van der Waals surface area contributed by atoms with Gasteiger partial charge < -0.3 is 28.8 Å². The Morgan fingerprint density at radius 1 is 1.17 bits per heavy atom. The van der Waals surface area contributed by atoms with Crippen molar-refractivity contribution in [3.05, 3.63) is 60.0 Å².